The first kappa shape index (κ1) is 20.2. The lowest BCUT2D eigenvalue weighted by Gasteiger charge is -2.14. The second-order valence-electron chi connectivity index (χ2n) is 6.36. The van der Waals surface area contributed by atoms with Gasteiger partial charge in [-0.05, 0) is 35.4 Å². The number of carbonyl (C=O) groups excluding carboxylic acids is 1. The van der Waals surface area contributed by atoms with Crippen LogP contribution in [0.1, 0.15) is 11.1 Å². The topological polar surface area (TPSA) is 60.8 Å². The van der Waals surface area contributed by atoms with Crippen molar-refractivity contribution in [3.63, 3.8) is 0 Å². The SMILES string of the molecule is O=C(C#Cc1ccc(-c2ccc(Cl)cc2)c(C(F)(F)F)c1)N1C[C@@H](O)[C@@H](O)C1. The Morgan fingerprint density at radius 2 is 1.68 bits per heavy atom. The average molecular weight is 410 g/mol. The molecule has 28 heavy (non-hydrogen) atoms. The van der Waals surface area contributed by atoms with Gasteiger partial charge in [-0.2, -0.15) is 13.2 Å². The van der Waals surface area contributed by atoms with Crippen molar-refractivity contribution in [2.45, 2.75) is 18.4 Å². The molecule has 1 saturated heterocycles. The molecule has 2 N–H and O–H groups in total. The highest BCUT2D eigenvalue weighted by molar-refractivity contribution is 6.30. The molecule has 8 heteroatoms. The van der Waals surface area contributed by atoms with Gasteiger partial charge in [0.15, 0.2) is 0 Å². The van der Waals surface area contributed by atoms with Gasteiger partial charge in [0.2, 0.25) is 0 Å². The molecule has 0 saturated carbocycles. The van der Waals surface area contributed by atoms with Gasteiger partial charge in [0, 0.05) is 16.5 Å². The average Bonchev–Trinajstić information content (AvgIpc) is 2.98. The number of aliphatic hydroxyl groups is 2. The summed E-state index contributed by atoms with van der Waals surface area (Å²) >= 11 is 5.79. The quantitative estimate of drug-likeness (QED) is 0.712. The number of benzene rings is 2. The second-order valence-corrected chi connectivity index (χ2v) is 6.80. The Balaban J connectivity index is 1.90. The van der Waals surface area contributed by atoms with Gasteiger partial charge in [-0.3, -0.25) is 4.79 Å². The molecule has 0 spiro atoms. The summed E-state index contributed by atoms with van der Waals surface area (Å²) in [7, 11) is 0. The third-order valence-electron chi connectivity index (χ3n) is 4.34. The van der Waals surface area contributed by atoms with E-state index in [4.69, 9.17) is 11.6 Å². The highest BCUT2D eigenvalue weighted by Crippen LogP contribution is 2.37. The van der Waals surface area contributed by atoms with Crippen LogP contribution in [0.5, 0.6) is 0 Å². The van der Waals surface area contributed by atoms with Gasteiger partial charge < -0.3 is 15.1 Å². The minimum Gasteiger partial charge on any atom is -0.388 e. The molecule has 1 aliphatic rings. The summed E-state index contributed by atoms with van der Waals surface area (Å²) in [6.45, 7) is -0.143. The van der Waals surface area contributed by atoms with Crippen LogP contribution in [0, 0.1) is 11.8 Å². The molecule has 1 heterocycles. The molecule has 1 aliphatic heterocycles. The minimum absolute atomic E-state index is 0.0215. The molecule has 0 radical (unpaired) electrons. The van der Waals surface area contributed by atoms with Crippen LogP contribution in [0.2, 0.25) is 5.02 Å². The highest BCUT2D eigenvalue weighted by Gasteiger charge is 2.34. The van der Waals surface area contributed by atoms with Crippen LogP contribution in [0.4, 0.5) is 13.2 Å². The van der Waals surface area contributed by atoms with Crippen LogP contribution in [-0.2, 0) is 11.0 Å². The summed E-state index contributed by atoms with van der Waals surface area (Å²) in [5.74, 6) is 4.01. The third kappa shape index (κ3) is 4.47. The first-order chi connectivity index (χ1) is 13.1. The van der Waals surface area contributed by atoms with E-state index in [0.29, 0.717) is 10.6 Å². The predicted octanol–water partition coefficient (Wildman–Crippen LogP) is 2.94. The van der Waals surface area contributed by atoms with Gasteiger partial charge in [0.1, 0.15) is 0 Å². The van der Waals surface area contributed by atoms with E-state index in [1.165, 1.54) is 36.4 Å². The Labute approximate surface area is 164 Å². The molecule has 1 fully saturated rings. The zero-order valence-electron chi connectivity index (χ0n) is 14.4. The molecule has 2 atom stereocenters. The van der Waals surface area contributed by atoms with Gasteiger partial charge in [0.05, 0.1) is 30.9 Å². The van der Waals surface area contributed by atoms with Gasteiger partial charge in [-0.25, -0.2) is 0 Å². The van der Waals surface area contributed by atoms with E-state index in [-0.39, 0.29) is 24.2 Å². The number of hydrogen-bond acceptors (Lipinski definition) is 3. The molecule has 146 valence electrons. The fraction of sp³-hybridized carbons (Fsp3) is 0.250. The van der Waals surface area contributed by atoms with Gasteiger partial charge in [0.25, 0.3) is 5.91 Å². The third-order valence-corrected chi connectivity index (χ3v) is 4.59. The Bertz CT molecular complexity index is 938. The molecular formula is C20H15ClF3NO3. The monoisotopic (exact) mass is 409 g/mol. The Kier molecular flexibility index (Phi) is 5.66. The van der Waals surface area contributed by atoms with Gasteiger partial charge in [-0.1, -0.05) is 35.7 Å². The minimum atomic E-state index is -4.61. The van der Waals surface area contributed by atoms with Crippen molar-refractivity contribution in [3.8, 4) is 23.0 Å². The van der Waals surface area contributed by atoms with Crippen molar-refractivity contribution in [1.29, 1.82) is 0 Å². The van der Waals surface area contributed by atoms with Crippen molar-refractivity contribution in [3.05, 3.63) is 58.6 Å². The molecule has 2 aromatic rings. The largest absolute Gasteiger partial charge is 0.417 e. The molecule has 2 aromatic carbocycles. The lowest BCUT2D eigenvalue weighted by Crippen LogP contribution is -2.28. The number of rotatable bonds is 1. The smallest absolute Gasteiger partial charge is 0.388 e. The van der Waals surface area contributed by atoms with Crippen molar-refractivity contribution in [1.82, 2.24) is 4.90 Å². The van der Waals surface area contributed by atoms with Gasteiger partial charge >= 0.3 is 6.18 Å². The Morgan fingerprint density at radius 1 is 1.07 bits per heavy atom. The fourth-order valence-corrected chi connectivity index (χ4v) is 3.00. The molecular weight excluding hydrogens is 395 g/mol. The number of hydrogen-bond donors (Lipinski definition) is 2. The summed E-state index contributed by atoms with van der Waals surface area (Å²) in [6.07, 6.45) is -6.72. The molecule has 0 bridgehead atoms. The molecule has 4 nitrogen and oxygen atoms in total. The van der Waals surface area contributed by atoms with Crippen LogP contribution in [0.15, 0.2) is 42.5 Å². The normalized spacial score (nSPS) is 19.3. The summed E-state index contributed by atoms with van der Waals surface area (Å²) in [6, 6.07) is 9.57. The zero-order valence-corrected chi connectivity index (χ0v) is 15.1. The van der Waals surface area contributed by atoms with Crippen LogP contribution >= 0.6 is 11.6 Å². The van der Waals surface area contributed by atoms with Crippen molar-refractivity contribution in [2.75, 3.05) is 13.1 Å². The van der Waals surface area contributed by atoms with Crippen LogP contribution in [0.3, 0.4) is 0 Å². The molecule has 3 rings (SSSR count). The number of alkyl halides is 3. The van der Waals surface area contributed by atoms with Crippen molar-refractivity contribution in [2.24, 2.45) is 0 Å². The first-order valence-corrected chi connectivity index (χ1v) is 8.67. The fourth-order valence-electron chi connectivity index (χ4n) is 2.88. The number of aliphatic hydroxyl groups excluding tert-OH is 2. The number of halogens is 4. The standard InChI is InChI=1S/C20H15ClF3NO3/c21-14-5-3-13(4-6-14)15-7-1-12(9-16(15)20(22,23)24)2-8-19(28)25-10-17(26)18(27)11-25/h1,3-7,9,17-18,26-27H,10-11H2/t17-,18+. The van der Waals surface area contributed by atoms with Crippen molar-refractivity contribution < 1.29 is 28.2 Å². The predicted molar refractivity (Wildman–Crippen MR) is 97.4 cm³/mol. The van der Waals surface area contributed by atoms with E-state index in [1.54, 1.807) is 0 Å². The Hall–Kier alpha value is -2.53. The number of carbonyl (C=O) groups is 1. The van der Waals surface area contributed by atoms with E-state index < -0.39 is 29.9 Å². The maximum absolute atomic E-state index is 13.5. The van der Waals surface area contributed by atoms with E-state index in [2.05, 4.69) is 11.8 Å². The van der Waals surface area contributed by atoms with E-state index in [9.17, 15) is 28.2 Å². The summed E-state index contributed by atoms with van der Waals surface area (Å²) in [4.78, 5) is 13.2. The first-order valence-electron chi connectivity index (χ1n) is 8.29. The maximum Gasteiger partial charge on any atom is 0.417 e. The van der Waals surface area contributed by atoms with Crippen LogP contribution < -0.4 is 0 Å². The number of likely N-dealkylation sites (tertiary alicyclic amines) is 1. The maximum atomic E-state index is 13.5. The summed E-state index contributed by atoms with van der Waals surface area (Å²) < 4.78 is 40.6. The van der Waals surface area contributed by atoms with Gasteiger partial charge in [-0.15, -0.1) is 0 Å². The Morgan fingerprint density at radius 3 is 2.25 bits per heavy atom. The lowest BCUT2D eigenvalue weighted by molar-refractivity contribution is -0.137. The number of nitrogens with zero attached hydrogens (tertiary/aromatic N) is 1. The van der Waals surface area contributed by atoms with E-state index >= 15 is 0 Å². The molecule has 1 amide bonds. The second kappa shape index (κ2) is 7.84. The molecule has 0 unspecified atom stereocenters. The number of β-amino-alcohol motifs (C(OH)–C–C–N with tert-alkyl or cyclic N) is 2. The lowest BCUT2D eigenvalue weighted by atomic mass is 9.97. The van der Waals surface area contributed by atoms with E-state index in [0.717, 1.165) is 11.0 Å². The highest BCUT2D eigenvalue weighted by atomic mass is 35.5. The van der Waals surface area contributed by atoms with Crippen LogP contribution in [0.25, 0.3) is 11.1 Å². The molecule has 0 aliphatic carbocycles. The zero-order chi connectivity index (χ0) is 20.5. The molecule has 0 aromatic heterocycles. The van der Waals surface area contributed by atoms with Crippen molar-refractivity contribution >= 4 is 17.5 Å². The summed E-state index contributed by atoms with van der Waals surface area (Å²) in [5.41, 5.74) is -0.515. The number of amides is 1. The van der Waals surface area contributed by atoms with E-state index in [1.807, 2.05) is 0 Å². The van der Waals surface area contributed by atoms with Crippen LogP contribution in [-0.4, -0.2) is 46.3 Å². The summed E-state index contributed by atoms with van der Waals surface area (Å²) in [5, 5.41) is 19.3.